The van der Waals surface area contributed by atoms with E-state index in [4.69, 9.17) is 0 Å². The minimum absolute atomic E-state index is 0. The Morgan fingerprint density at radius 2 is 1.75 bits per heavy atom. The van der Waals surface area contributed by atoms with Crippen LogP contribution in [-0.4, -0.2) is 38.1 Å². The van der Waals surface area contributed by atoms with Gasteiger partial charge in [-0.25, -0.2) is 0 Å². The topological polar surface area (TPSA) is 15.3 Å². The Morgan fingerprint density at radius 1 is 1.25 bits per heavy atom. The summed E-state index contributed by atoms with van der Waals surface area (Å²) >= 11 is 0. The minimum atomic E-state index is 0. The summed E-state index contributed by atoms with van der Waals surface area (Å²) in [7, 11) is 2.15. The van der Waals surface area contributed by atoms with E-state index in [9.17, 15) is 0 Å². The fraction of sp³-hybridized carbons (Fsp3) is 1.00. The van der Waals surface area contributed by atoms with Crippen LogP contribution in [0.5, 0.6) is 0 Å². The average Bonchev–Trinajstić information content (AvgIpc) is 1.69. The molecule has 0 bridgehead atoms. The van der Waals surface area contributed by atoms with Crippen molar-refractivity contribution in [3.8, 4) is 0 Å². The Morgan fingerprint density at radius 3 is 2.00 bits per heavy atom. The second-order valence-corrected chi connectivity index (χ2v) is 2.05. The molecule has 1 N–H and O–H groups in total. The summed E-state index contributed by atoms with van der Waals surface area (Å²) in [6, 6.07) is 0. The van der Waals surface area contributed by atoms with Crippen LogP contribution in [0.4, 0.5) is 0 Å². The van der Waals surface area contributed by atoms with E-state index in [1.807, 2.05) is 0 Å². The number of likely N-dealkylation sites (N-methyl/N-ethyl adjacent to an activating group) is 1. The molecule has 0 aromatic heterocycles. The molecule has 1 aliphatic rings. The van der Waals surface area contributed by atoms with E-state index < -0.39 is 0 Å². The van der Waals surface area contributed by atoms with E-state index in [0.29, 0.717) is 0 Å². The van der Waals surface area contributed by atoms with Gasteiger partial charge in [-0.1, -0.05) is 0 Å². The van der Waals surface area contributed by atoms with Gasteiger partial charge in [0.15, 0.2) is 0 Å². The van der Waals surface area contributed by atoms with Gasteiger partial charge in [0.2, 0.25) is 0 Å². The van der Waals surface area contributed by atoms with Gasteiger partial charge >= 0.3 is 0 Å². The van der Waals surface area contributed by atoms with Crippen LogP contribution in [-0.2, 0) is 32.7 Å². The number of hydrogen-bond acceptors (Lipinski definition) is 2. The van der Waals surface area contributed by atoms with Gasteiger partial charge in [-0.15, -0.1) is 0 Å². The summed E-state index contributed by atoms with van der Waals surface area (Å²) in [5.74, 6) is 0. The predicted molar refractivity (Wildman–Crippen MR) is 30.4 cm³/mol. The van der Waals surface area contributed by atoms with E-state index >= 15 is 0 Å². The quantitative estimate of drug-likeness (QED) is 0.553. The van der Waals surface area contributed by atoms with Crippen LogP contribution in [0.25, 0.3) is 0 Å². The third kappa shape index (κ3) is 3.13. The first-order valence-corrected chi connectivity index (χ1v) is 2.79. The molecule has 3 heteroatoms. The standard InChI is InChI=1S/C5H12N2.Y/c1-7-4-2-6-3-5-7;/h6H,2-5H2,1H3;. The normalized spacial score (nSPS) is 22.1. The second kappa shape index (κ2) is 4.86. The Bertz CT molecular complexity index is 52.4. The Kier molecular flexibility index (Phi) is 5.48. The predicted octanol–water partition coefficient (Wildman–Crippen LogP) is -0.481. The monoisotopic (exact) mass is 189 g/mol. The molecule has 0 aliphatic carbocycles. The average molecular weight is 189 g/mol. The largest absolute Gasteiger partial charge is 0.314 e. The van der Waals surface area contributed by atoms with Crippen molar-refractivity contribution >= 4 is 0 Å². The third-order valence-electron chi connectivity index (χ3n) is 1.34. The second-order valence-electron chi connectivity index (χ2n) is 2.05. The van der Waals surface area contributed by atoms with Crippen LogP contribution in [0.3, 0.4) is 0 Å². The summed E-state index contributed by atoms with van der Waals surface area (Å²) in [6.45, 7) is 4.74. The third-order valence-corrected chi connectivity index (χ3v) is 1.34. The van der Waals surface area contributed by atoms with Crippen molar-refractivity contribution in [3.63, 3.8) is 0 Å². The smallest absolute Gasteiger partial charge is 0.0104 e. The fourth-order valence-electron chi connectivity index (χ4n) is 0.777. The number of piperazine rings is 1. The van der Waals surface area contributed by atoms with Crippen LogP contribution in [0.2, 0.25) is 0 Å². The fourth-order valence-corrected chi connectivity index (χ4v) is 0.777. The first-order valence-electron chi connectivity index (χ1n) is 2.79. The number of nitrogens with one attached hydrogen (secondary N) is 1. The summed E-state index contributed by atoms with van der Waals surface area (Å²) in [6.07, 6.45) is 0. The van der Waals surface area contributed by atoms with Crippen molar-refractivity contribution in [3.05, 3.63) is 0 Å². The van der Waals surface area contributed by atoms with Crippen LogP contribution >= 0.6 is 0 Å². The maximum Gasteiger partial charge on any atom is 0.0104 e. The van der Waals surface area contributed by atoms with Gasteiger partial charge < -0.3 is 10.2 Å². The molecule has 1 aliphatic heterocycles. The Hall–Kier alpha value is 1.02. The molecule has 0 spiro atoms. The molecule has 1 rings (SSSR count). The maximum absolute atomic E-state index is 3.27. The molecule has 45 valence electrons. The maximum atomic E-state index is 3.27. The van der Waals surface area contributed by atoms with Crippen LogP contribution in [0.1, 0.15) is 0 Å². The van der Waals surface area contributed by atoms with E-state index in [2.05, 4.69) is 17.3 Å². The molecule has 0 aromatic rings. The van der Waals surface area contributed by atoms with Gasteiger partial charge in [-0.2, -0.15) is 0 Å². The number of hydrogen-bond donors (Lipinski definition) is 1. The summed E-state index contributed by atoms with van der Waals surface area (Å²) in [5, 5.41) is 3.27. The zero-order valence-electron chi connectivity index (χ0n) is 5.35. The molecule has 0 unspecified atom stereocenters. The van der Waals surface area contributed by atoms with Gasteiger partial charge in [0.1, 0.15) is 0 Å². The van der Waals surface area contributed by atoms with Gasteiger partial charge in [0.25, 0.3) is 0 Å². The van der Waals surface area contributed by atoms with Crippen LogP contribution in [0.15, 0.2) is 0 Å². The van der Waals surface area contributed by atoms with E-state index in [-0.39, 0.29) is 32.7 Å². The molecule has 1 heterocycles. The van der Waals surface area contributed by atoms with Crippen molar-refractivity contribution in [2.75, 3.05) is 33.2 Å². The molecular formula is C5H12N2Y. The van der Waals surface area contributed by atoms with Crippen LogP contribution < -0.4 is 5.32 Å². The van der Waals surface area contributed by atoms with Gasteiger partial charge in [-0.3, -0.25) is 0 Å². The number of rotatable bonds is 0. The Balaban J connectivity index is 0.000000490. The molecule has 0 atom stereocenters. The SMILES string of the molecule is CN1CCNCC1.[Y]. The van der Waals surface area contributed by atoms with Crippen LogP contribution in [0, 0.1) is 0 Å². The molecule has 1 saturated heterocycles. The van der Waals surface area contributed by atoms with E-state index in [1.165, 1.54) is 13.1 Å². The minimum Gasteiger partial charge on any atom is -0.314 e. The molecule has 8 heavy (non-hydrogen) atoms. The van der Waals surface area contributed by atoms with E-state index in [1.54, 1.807) is 0 Å². The van der Waals surface area contributed by atoms with Crippen molar-refractivity contribution in [1.82, 2.24) is 10.2 Å². The van der Waals surface area contributed by atoms with Crippen molar-refractivity contribution in [2.24, 2.45) is 0 Å². The molecular weight excluding hydrogens is 177 g/mol. The summed E-state index contributed by atoms with van der Waals surface area (Å²) < 4.78 is 0. The van der Waals surface area contributed by atoms with E-state index in [0.717, 1.165) is 13.1 Å². The summed E-state index contributed by atoms with van der Waals surface area (Å²) in [4.78, 5) is 2.33. The molecule has 1 fully saturated rings. The van der Waals surface area contributed by atoms with Gasteiger partial charge in [0.05, 0.1) is 0 Å². The van der Waals surface area contributed by atoms with Crippen molar-refractivity contribution in [1.29, 1.82) is 0 Å². The molecule has 0 amide bonds. The molecule has 1 radical (unpaired) electrons. The molecule has 2 nitrogen and oxygen atoms in total. The summed E-state index contributed by atoms with van der Waals surface area (Å²) in [5.41, 5.74) is 0. The van der Waals surface area contributed by atoms with Crippen molar-refractivity contribution in [2.45, 2.75) is 0 Å². The van der Waals surface area contributed by atoms with Gasteiger partial charge in [-0.05, 0) is 7.05 Å². The zero-order chi connectivity index (χ0) is 5.11. The first-order chi connectivity index (χ1) is 3.39. The first kappa shape index (κ1) is 9.02. The number of nitrogens with zero attached hydrogens (tertiary/aromatic N) is 1. The van der Waals surface area contributed by atoms with Gasteiger partial charge in [0, 0.05) is 58.9 Å². The Labute approximate surface area is 75.9 Å². The van der Waals surface area contributed by atoms with Crippen molar-refractivity contribution < 1.29 is 32.7 Å². The molecule has 0 saturated carbocycles. The zero-order valence-corrected chi connectivity index (χ0v) is 8.19. The molecule has 0 aromatic carbocycles.